The average molecular weight is 329 g/mol. The van der Waals surface area contributed by atoms with Crippen LogP contribution in [0.25, 0.3) is 0 Å². The van der Waals surface area contributed by atoms with Crippen molar-refractivity contribution in [2.45, 2.75) is 19.8 Å². The second kappa shape index (κ2) is 7.25. The molecule has 0 aromatic heterocycles. The zero-order valence-electron chi connectivity index (χ0n) is 10.6. The molecule has 0 saturated heterocycles. The molecule has 0 spiro atoms. The van der Waals surface area contributed by atoms with Crippen molar-refractivity contribution in [3.63, 3.8) is 0 Å². The number of carbonyl (C=O) groups is 2. The number of anilines is 1. The normalized spacial score (nSPS) is 11.9. The number of halogens is 1. The molecule has 0 bridgehead atoms. The van der Waals surface area contributed by atoms with E-state index in [4.69, 9.17) is 10.8 Å². The number of hydrogen-bond acceptors (Lipinski definition) is 3. The lowest BCUT2D eigenvalue weighted by molar-refractivity contribution is -0.119. The van der Waals surface area contributed by atoms with Crippen LogP contribution in [0.3, 0.4) is 0 Å². The van der Waals surface area contributed by atoms with Gasteiger partial charge >= 0.3 is 5.97 Å². The van der Waals surface area contributed by atoms with Crippen LogP contribution in [0.2, 0.25) is 0 Å². The lowest BCUT2D eigenvalue weighted by atomic mass is 10.0. The molecule has 19 heavy (non-hydrogen) atoms. The fourth-order valence-electron chi connectivity index (χ4n) is 1.75. The first-order chi connectivity index (χ1) is 8.99. The van der Waals surface area contributed by atoms with Gasteiger partial charge in [0.2, 0.25) is 5.91 Å². The van der Waals surface area contributed by atoms with Gasteiger partial charge in [0.25, 0.3) is 0 Å². The maximum atomic E-state index is 12.0. The Kier molecular flexibility index (Phi) is 5.98. The second-order valence-electron chi connectivity index (χ2n) is 4.21. The van der Waals surface area contributed by atoms with E-state index in [9.17, 15) is 9.59 Å². The number of amides is 1. The molecule has 104 valence electrons. The first kappa shape index (κ1) is 15.7. The standard InChI is InChI=1S/C13H17BrN2O3/c1-2-3-8(7-15)12(17)16-11-6-9(14)4-5-10(11)13(18)19/h4-6,8H,2-3,7,15H2,1H3,(H,16,17)(H,18,19). The summed E-state index contributed by atoms with van der Waals surface area (Å²) in [6, 6.07) is 4.63. The molecule has 1 unspecified atom stereocenters. The monoisotopic (exact) mass is 328 g/mol. The van der Waals surface area contributed by atoms with Gasteiger partial charge in [-0.2, -0.15) is 0 Å². The minimum Gasteiger partial charge on any atom is -0.478 e. The molecule has 5 nitrogen and oxygen atoms in total. The summed E-state index contributed by atoms with van der Waals surface area (Å²) in [6.07, 6.45) is 1.53. The third kappa shape index (κ3) is 4.33. The van der Waals surface area contributed by atoms with Gasteiger partial charge in [-0.05, 0) is 24.6 Å². The number of carboxylic acid groups (broad SMARTS) is 1. The Morgan fingerprint density at radius 3 is 2.68 bits per heavy atom. The molecule has 0 radical (unpaired) electrons. The Hall–Kier alpha value is -1.40. The zero-order chi connectivity index (χ0) is 14.4. The summed E-state index contributed by atoms with van der Waals surface area (Å²) in [7, 11) is 0. The van der Waals surface area contributed by atoms with E-state index in [1.807, 2.05) is 6.92 Å². The van der Waals surface area contributed by atoms with Crippen molar-refractivity contribution < 1.29 is 14.7 Å². The SMILES string of the molecule is CCCC(CN)C(=O)Nc1cc(Br)ccc1C(=O)O. The molecule has 0 aliphatic carbocycles. The molecule has 1 aromatic rings. The molecule has 1 aromatic carbocycles. The van der Waals surface area contributed by atoms with Gasteiger partial charge in [0.05, 0.1) is 17.2 Å². The third-order valence-electron chi connectivity index (χ3n) is 2.76. The van der Waals surface area contributed by atoms with Gasteiger partial charge < -0.3 is 16.2 Å². The maximum Gasteiger partial charge on any atom is 0.337 e. The van der Waals surface area contributed by atoms with Crippen LogP contribution in [-0.2, 0) is 4.79 Å². The van der Waals surface area contributed by atoms with Crippen molar-refractivity contribution >= 4 is 33.5 Å². The predicted molar refractivity (Wildman–Crippen MR) is 77.2 cm³/mol. The molecule has 1 rings (SSSR count). The highest BCUT2D eigenvalue weighted by Crippen LogP contribution is 2.22. The van der Waals surface area contributed by atoms with E-state index in [0.29, 0.717) is 10.9 Å². The second-order valence-corrected chi connectivity index (χ2v) is 5.12. The summed E-state index contributed by atoms with van der Waals surface area (Å²) in [5.74, 6) is -1.63. The van der Waals surface area contributed by atoms with Crippen LogP contribution in [0.5, 0.6) is 0 Å². The Bertz CT molecular complexity index is 477. The van der Waals surface area contributed by atoms with E-state index in [1.165, 1.54) is 6.07 Å². The van der Waals surface area contributed by atoms with Crippen LogP contribution in [0.15, 0.2) is 22.7 Å². The largest absolute Gasteiger partial charge is 0.478 e. The van der Waals surface area contributed by atoms with Crippen molar-refractivity contribution in [3.05, 3.63) is 28.2 Å². The number of carbonyl (C=O) groups excluding carboxylic acids is 1. The van der Waals surface area contributed by atoms with Crippen LogP contribution in [0, 0.1) is 5.92 Å². The molecule has 1 atom stereocenters. The molecule has 4 N–H and O–H groups in total. The van der Waals surface area contributed by atoms with Gasteiger partial charge in [0.15, 0.2) is 0 Å². The molecule has 0 aliphatic rings. The molecular weight excluding hydrogens is 312 g/mol. The Balaban J connectivity index is 2.94. The molecular formula is C13H17BrN2O3. The number of aromatic carboxylic acids is 1. The number of rotatable bonds is 6. The lowest BCUT2D eigenvalue weighted by Crippen LogP contribution is -2.29. The molecule has 0 saturated carbocycles. The van der Waals surface area contributed by atoms with Gasteiger partial charge in [-0.25, -0.2) is 4.79 Å². The number of hydrogen-bond donors (Lipinski definition) is 3. The highest BCUT2D eigenvalue weighted by Gasteiger charge is 2.19. The minimum atomic E-state index is -1.08. The van der Waals surface area contributed by atoms with Crippen molar-refractivity contribution in [1.82, 2.24) is 0 Å². The van der Waals surface area contributed by atoms with Gasteiger partial charge in [0.1, 0.15) is 0 Å². The number of nitrogens with two attached hydrogens (primary N) is 1. The quantitative estimate of drug-likeness (QED) is 0.747. The summed E-state index contributed by atoms with van der Waals surface area (Å²) in [5.41, 5.74) is 5.89. The third-order valence-corrected chi connectivity index (χ3v) is 3.26. The van der Waals surface area contributed by atoms with Gasteiger partial charge in [-0.15, -0.1) is 0 Å². The minimum absolute atomic E-state index is 0.0591. The molecule has 0 heterocycles. The number of nitrogens with one attached hydrogen (secondary N) is 1. The van der Waals surface area contributed by atoms with Gasteiger partial charge in [-0.3, -0.25) is 4.79 Å². The van der Waals surface area contributed by atoms with Crippen molar-refractivity contribution in [1.29, 1.82) is 0 Å². The van der Waals surface area contributed by atoms with E-state index in [-0.39, 0.29) is 29.6 Å². The van der Waals surface area contributed by atoms with E-state index in [0.717, 1.165) is 6.42 Å². The topological polar surface area (TPSA) is 92.4 Å². The summed E-state index contributed by atoms with van der Waals surface area (Å²) in [5, 5.41) is 11.7. The smallest absolute Gasteiger partial charge is 0.337 e. The average Bonchev–Trinajstić information content (AvgIpc) is 2.35. The zero-order valence-corrected chi connectivity index (χ0v) is 12.2. The van der Waals surface area contributed by atoms with E-state index >= 15 is 0 Å². The Morgan fingerprint density at radius 1 is 1.47 bits per heavy atom. The first-order valence-electron chi connectivity index (χ1n) is 6.03. The van der Waals surface area contributed by atoms with Gasteiger partial charge in [-0.1, -0.05) is 29.3 Å². The molecule has 0 aliphatic heterocycles. The summed E-state index contributed by atoms with van der Waals surface area (Å²) in [6.45, 7) is 2.22. The predicted octanol–water partition coefficient (Wildman–Crippen LogP) is 2.46. The molecule has 0 fully saturated rings. The summed E-state index contributed by atoms with van der Waals surface area (Å²) >= 11 is 3.25. The van der Waals surface area contributed by atoms with E-state index in [2.05, 4.69) is 21.2 Å². The van der Waals surface area contributed by atoms with Crippen molar-refractivity contribution in [2.75, 3.05) is 11.9 Å². The van der Waals surface area contributed by atoms with Crippen molar-refractivity contribution in [2.24, 2.45) is 11.7 Å². The lowest BCUT2D eigenvalue weighted by Gasteiger charge is -2.15. The summed E-state index contributed by atoms with van der Waals surface area (Å²) in [4.78, 5) is 23.1. The van der Waals surface area contributed by atoms with Crippen LogP contribution in [0.4, 0.5) is 5.69 Å². The molecule has 1 amide bonds. The van der Waals surface area contributed by atoms with Crippen LogP contribution >= 0.6 is 15.9 Å². The maximum absolute atomic E-state index is 12.0. The fourth-order valence-corrected chi connectivity index (χ4v) is 2.11. The Labute approximate surface area is 120 Å². The van der Waals surface area contributed by atoms with E-state index < -0.39 is 5.97 Å². The summed E-state index contributed by atoms with van der Waals surface area (Å²) < 4.78 is 0.701. The van der Waals surface area contributed by atoms with Crippen LogP contribution < -0.4 is 11.1 Å². The van der Waals surface area contributed by atoms with Gasteiger partial charge in [0, 0.05) is 11.0 Å². The highest BCUT2D eigenvalue weighted by atomic mass is 79.9. The molecule has 6 heteroatoms. The highest BCUT2D eigenvalue weighted by molar-refractivity contribution is 9.10. The fraction of sp³-hybridized carbons (Fsp3) is 0.385. The Morgan fingerprint density at radius 2 is 2.16 bits per heavy atom. The number of benzene rings is 1. The van der Waals surface area contributed by atoms with Crippen molar-refractivity contribution in [3.8, 4) is 0 Å². The first-order valence-corrected chi connectivity index (χ1v) is 6.82. The number of carboxylic acids is 1. The van der Waals surface area contributed by atoms with Crippen LogP contribution in [0.1, 0.15) is 30.1 Å². The van der Waals surface area contributed by atoms with E-state index in [1.54, 1.807) is 12.1 Å². The van der Waals surface area contributed by atoms with Crippen LogP contribution in [-0.4, -0.2) is 23.5 Å².